The maximum absolute atomic E-state index is 12.5. The summed E-state index contributed by atoms with van der Waals surface area (Å²) in [6, 6.07) is 18.7. The van der Waals surface area contributed by atoms with Crippen LogP contribution < -0.4 is 10.9 Å². The smallest absolute Gasteiger partial charge is 0.267 e. The molecule has 3 rings (SSSR count). The first kappa shape index (κ1) is 16.9. The highest BCUT2D eigenvalue weighted by molar-refractivity contribution is 6.33. The highest BCUT2D eigenvalue weighted by Crippen LogP contribution is 2.21. The number of carbonyl (C=O) groups excluding carboxylic acids is 1. The van der Waals surface area contributed by atoms with Crippen molar-refractivity contribution in [3.8, 4) is 11.3 Å². The lowest BCUT2D eigenvalue weighted by Gasteiger charge is -2.15. The molecule has 1 aromatic heterocycles. The molecular weight excluding hydrogens is 338 g/mol. The molecule has 126 valence electrons. The van der Waals surface area contributed by atoms with Gasteiger partial charge in [0.1, 0.15) is 6.04 Å². The topological polar surface area (TPSA) is 64.0 Å². The van der Waals surface area contributed by atoms with E-state index in [1.54, 1.807) is 37.3 Å². The van der Waals surface area contributed by atoms with E-state index in [1.807, 2.05) is 30.3 Å². The van der Waals surface area contributed by atoms with Crippen LogP contribution in [0, 0.1) is 0 Å². The Morgan fingerprint density at radius 2 is 1.72 bits per heavy atom. The van der Waals surface area contributed by atoms with E-state index in [0.29, 0.717) is 16.4 Å². The normalized spacial score (nSPS) is 11.8. The maximum atomic E-state index is 12.5. The van der Waals surface area contributed by atoms with E-state index in [-0.39, 0.29) is 11.5 Å². The molecule has 0 aliphatic carbocycles. The number of anilines is 1. The molecule has 0 bridgehead atoms. The summed E-state index contributed by atoms with van der Waals surface area (Å²) in [7, 11) is 0. The van der Waals surface area contributed by atoms with Gasteiger partial charge in [0.25, 0.3) is 5.56 Å². The Balaban J connectivity index is 1.89. The van der Waals surface area contributed by atoms with Crippen molar-refractivity contribution in [3.63, 3.8) is 0 Å². The average molecular weight is 354 g/mol. The highest BCUT2D eigenvalue weighted by atomic mass is 35.5. The second-order valence-electron chi connectivity index (χ2n) is 5.51. The van der Waals surface area contributed by atoms with E-state index in [0.717, 1.165) is 5.56 Å². The van der Waals surface area contributed by atoms with Crippen LogP contribution in [0.25, 0.3) is 11.3 Å². The summed E-state index contributed by atoms with van der Waals surface area (Å²) in [5, 5.41) is 7.49. The second-order valence-corrected chi connectivity index (χ2v) is 5.92. The minimum absolute atomic E-state index is 0.346. The van der Waals surface area contributed by atoms with Gasteiger partial charge in [0.2, 0.25) is 5.91 Å². The van der Waals surface area contributed by atoms with Crippen LogP contribution in [0.4, 0.5) is 5.69 Å². The number of hydrogen-bond acceptors (Lipinski definition) is 3. The quantitative estimate of drug-likeness (QED) is 0.776. The Morgan fingerprint density at radius 1 is 1.04 bits per heavy atom. The van der Waals surface area contributed by atoms with Crippen LogP contribution in [0.1, 0.15) is 13.0 Å². The molecule has 1 heterocycles. The summed E-state index contributed by atoms with van der Waals surface area (Å²) in [6.45, 7) is 1.62. The molecule has 2 aromatic carbocycles. The fourth-order valence-electron chi connectivity index (χ4n) is 2.38. The first-order valence-corrected chi connectivity index (χ1v) is 8.15. The minimum atomic E-state index is -0.785. The standard InChI is InChI=1S/C19H16ClN3O2/c1-13(19(25)21-17-10-6-5-9-15(17)20)23-18(24)12-11-16(22-23)14-7-3-2-4-8-14/h2-13H,1H3,(H,21,25)/t13-/m0/s1. The fourth-order valence-corrected chi connectivity index (χ4v) is 2.56. The predicted molar refractivity (Wildman–Crippen MR) is 98.7 cm³/mol. The summed E-state index contributed by atoms with van der Waals surface area (Å²) < 4.78 is 1.18. The molecular formula is C19H16ClN3O2. The molecule has 0 radical (unpaired) electrons. The van der Waals surface area contributed by atoms with Crippen LogP contribution in [-0.4, -0.2) is 15.7 Å². The van der Waals surface area contributed by atoms with E-state index in [1.165, 1.54) is 10.7 Å². The number of nitrogens with one attached hydrogen (secondary N) is 1. The Bertz CT molecular complexity index is 954. The molecule has 0 unspecified atom stereocenters. The number of halogens is 1. The molecule has 0 aliphatic rings. The zero-order valence-corrected chi connectivity index (χ0v) is 14.3. The Labute approximate surface area is 149 Å². The van der Waals surface area contributed by atoms with E-state index in [4.69, 9.17) is 11.6 Å². The lowest BCUT2D eigenvalue weighted by atomic mass is 10.1. The third-order valence-corrected chi connectivity index (χ3v) is 4.10. The molecule has 5 nitrogen and oxygen atoms in total. The molecule has 0 fully saturated rings. The minimum Gasteiger partial charge on any atom is -0.323 e. The van der Waals surface area contributed by atoms with Gasteiger partial charge in [-0.3, -0.25) is 9.59 Å². The molecule has 0 saturated carbocycles. The van der Waals surface area contributed by atoms with Gasteiger partial charge in [-0.25, -0.2) is 4.68 Å². The van der Waals surface area contributed by atoms with Crippen molar-refractivity contribution in [1.29, 1.82) is 0 Å². The fraction of sp³-hybridized carbons (Fsp3) is 0.105. The molecule has 3 aromatic rings. The molecule has 6 heteroatoms. The van der Waals surface area contributed by atoms with E-state index in [9.17, 15) is 9.59 Å². The van der Waals surface area contributed by atoms with Crippen molar-refractivity contribution in [3.05, 3.63) is 82.1 Å². The Hall–Kier alpha value is -2.92. The summed E-state index contributed by atoms with van der Waals surface area (Å²) in [5.41, 5.74) is 1.64. The molecule has 0 aliphatic heterocycles. The Kier molecular flexibility index (Phi) is 4.95. The number of hydrogen-bond donors (Lipinski definition) is 1. The lowest BCUT2D eigenvalue weighted by molar-refractivity contribution is -0.119. The first-order chi connectivity index (χ1) is 12.1. The van der Waals surface area contributed by atoms with Gasteiger partial charge in [0.15, 0.2) is 0 Å². The van der Waals surface area contributed by atoms with Crippen molar-refractivity contribution in [2.24, 2.45) is 0 Å². The number of para-hydroxylation sites is 1. The molecule has 0 saturated heterocycles. The van der Waals surface area contributed by atoms with Crippen molar-refractivity contribution in [2.75, 3.05) is 5.32 Å². The number of rotatable bonds is 4. The zero-order chi connectivity index (χ0) is 17.8. The number of nitrogens with zero attached hydrogens (tertiary/aromatic N) is 2. The monoisotopic (exact) mass is 353 g/mol. The molecule has 25 heavy (non-hydrogen) atoms. The molecule has 0 spiro atoms. The molecule has 1 amide bonds. The van der Waals surface area contributed by atoms with Crippen LogP contribution in [0.5, 0.6) is 0 Å². The van der Waals surface area contributed by atoms with Crippen LogP contribution >= 0.6 is 11.6 Å². The van der Waals surface area contributed by atoms with E-state index in [2.05, 4.69) is 10.4 Å². The lowest BCUT2D eigenvalue weighted by Crippen LogP contribution is -2.33. The maximum Gasteiger partial charge on any atom is 0.267 e. The van der Waals surface area contributed by atoms with Crippen molar-refractivity contribution in [2.45, 2.75) is 13.0 Å². The van der Waals surface area contributed by atoms with Crippen LogP contribution in [0.3, 0.4) is 0 Å². The third-order valence-electron chi connectivity index (χ3n) is 3.77. The van der Waals surface area contributed by atoms with Crippen molar-refractivity contribution < 1.29 is 4.79 Å². The highest BCUT2D eigenvalue weighted by Gasteiger charge is 2.19. The van der Waals surface area contributed by atoms with Gasteiger partial charge in [-0.1, -0.05) is 54.1 Å². The van der Waals surface area contributed by atoms with Gasteiger partial charge in [-0.05, 0) is 25.1 Å². The summed E-state index contributed by atoms with van der Waals surface area (Å²) in [5.74, 6) is -0.368. The van der Waals surface area contributed by atoms with Gasteiger partial charge in [0, 0.05) is 11.6 Å². The average Bonchev–Trinajstić information content (AvgIpc) is 2.64. The predicted octanol–water partition coefficient (Wildman–Crippen LogP) is 3.76. The van der Waals surface area contributed by atoms with Gasteiger partial charge in [0.05, 0.1) is 16.4 Å². The number of amides is 1. The van der Waals surface area contributed by atoms with Gasteiger partial charge >= 0.3 is 0 Å². The Morgan fingerprint density at radius 3 is 2.44 bits per heavy atom. The molecule has 1 N–H and O–H groups in total. The van der Waals surface area contributed by atoms with Gasteiger partial charge in [-0.15, -0.1) is 0 Å². The molecule has 1 atom stereocenters. The summed E-state index contributed by atoms with van der Waals surface area (Å²) in [4.78, 5) is 24.7. The van der Waals surface area contributed by atoms with Gasteiger partial charge < -0.3 is 5.32 Å². The SMILES string of the molecule is C[C@@H](C(=O)Nc1ccccc1Cl)n1nc(-c2ccccc2)ccc1=O. The second kappa shape index (κ2) is 7.32. The van der Waals surface area contributed by atoms with Crippen molar-refractivity contribution >= 4 is 23.2 Å². The largest absolute Gasteiger partial charge is 0.323 e. The first-order valence-electron chi connectivity index (χ1n) is 7.77. The van der Waals surface area contributed by atoms with Crippen LogP contribution in [-0.2, 0) is 4.79 Å². The van der Waals surface area contributed by atoms with Crippen molar-refractivity contribution in [1.82, 2.24) is 9.78 Å². The zero-order valence-electron chi connectivity index (χ0n) is 13.5. The van der Waals surface area contributed by atoms with E-state index >= 15 is 0 Å². The van der Waals surface area contributed by atoms with Crippen LogP contribution in [0.2, 0.25) is 5.02 Å². The van der Waals surface area contributed by atoms with Gasteiger partial charge in [-0.2, -0.15) is 5.10 Å². The van der Waals surface area contributed by atoms with E-state index < -0.39 is 6.04 Å². The summed E-state index contributed by atoms with van der Waals surface area (Å²) in [6.07, 6.45) is 0. The summed E-state index contributed by atoms with van der Waals surface area (Å²) >= 11 is 6.06. The number of benzene rings is 2. The number of carbonyl (C=O) groups is 1. The van der Waals surface area contributed by atoms with Crippen LogP contribution in [0.15, 0.2) is 71.5 Å². The number of aromatic nitrogens is 2. The third kappa shape index (κ3) is 3.78.